The highest BCUT2D eigenvalue weighted by atomic mass is 14.7. The van der Waals surface area contributed by atoms with Gasteiger partial charge < -0.3 is 0 Å². The fraction of sp³-hybridized carbons (Fsp3) is 0.417. The number of hydrogen-bond donors (Lipinski definition) is 0. The van der Waals surface area contributed by atoms with Crippen LogP contribution < -0.4 is 0 Å². The molecule has 0 saturated heterocycles. The summed E-state index contributed by atoms with van der Waals surface area (Å²) in [7, 11) is 0. The van der Waals surface area contributed by atoms with E-state index in [1.165, 1.54) is 5.57 Å². The standard InChI is InChI=1S/C12H19N/c1-6-7-12(10(2)3)9-8-11(4)13-5/h6,8-10H,1,5,7H2,2-4H3/b11-8-,12-9+. The van der Waals surface area contributed by atoms with E-state index in [4.69, 9.17) is 0 Å². The smallest absolute Gasteiger partial charge is 0.0365 e. The van der Waals surface area contributed by atoms with Gasteiger partial charge in [0.25, 0.3) is 0 Å². The Balaban J connectivity index is 4.52. The van der Waals surface area contributed by atoms with Crippen molar-refractivity contribution >= 4 is 6.72 Å². The third-order valence-electron chi connectivity index (χ3n) is 1.91. The molecule has 0 bridgehead atoms. The van der Waals surface area contributed by atoms with Crippen molar-refractivity contribution in [3.8, 4) is 0 Å². The van der Waals surface area contributed by atoms with Crippen LogP contribution in [0.3, 0.4) is 0 Å². The molecule has 0 unspecified atom stereocenters. The van der Waals surface area contributed by atoms with Gasteiger partial charge in [0.1, 0.15) is 0 Å². The third-order valence-corrected chi connectivity index (χ3v) is 1.91. The SMILES string of the molecule is C=CC/C(=C\C=C(\C)N=C)C(C)C. The van der Waals surface area contributed by atoms with Crippen LogP contribution in [0, 0.1) is 5.92 Å². The minimum Gasteiger partial charge on any atom is -0.269 e. The summed E-state index contributed by atoms with van der Waals surface area (Å²) in [4.78, 5) is 3.82. The molecular formula is C12H19N. The number of allylic oxidation sites excluding steroid dienone is 5. The van der Waals surface area contributed by atoms with Gasteiger partial charge in [0.15, 0.2) is 0 Å². The topological polar surface area (TPSA) is 12.4 Å². The highest BCUT2D eigenvalue weighted by Gasteiger charge is 1.98. The van der Waals surface area contributed by atoms with Crippen LogP contribution in [-0.4, -0.2) is 6.72 Å². The molecule has 0 fully saturated rings. The van der Waals surface area contributed by atoms with Gasteiger partial charge in [-0.3, -0.25) is 4.99 Å². The lowest BCUT2D eigenvalue weighted by Crippen LogP contribution is -1.91. The van der Waals surface area contributed by atoms with Gasteiger partial charge >= 0.3 is 0 Å². The van der Waals surface area contributed by atoms with Crippen LogP contribution in [0.5, 0.6) is 0 Å². The van der Waals surface area contributed by atoms with E-state index in [1.807, 2.05) is 19.1 Å². The highest BCUT2D eigenvalue weighted by Crippen LogP contribution is 2.14. The van der Waals surface area contributed by atoms with E-state index in [0.717, 1.165) is 12.1 Å². The third kappa shape index (κ3) is 5.18. The molecule has 0 aliphatic carbocycles. The van der Waals surface area contributed by atoms with Gasteiger partial charge in [-0.2, -0.15) is 0 Å². The molecule has 0 amide bonds. The average molecular weight is 177 g/mol. The number of hydrogen-bond acceptors (Lipinski definition) is 1. The molecule has 0 saturated carbocycles. The fourth-order valence-corrected chi connectivity index (χ4v) is 0.943. The fourth-order valence-electron chi connectivity index (χ4n) is 0.943. The molecule has 0 radical (unpaired) electrons. The van der Waals surface area contributed by atoms with E-state index in [1.54, 1.807) is 0 Å². The maximum Gasteiger partial charge on any atom is 0.0365 e. The summed E-state index contributed by atoms with van der Waals surface area (Å²) in [6.07, 6.45) is 6.97. The van der Waals surface area contributed by atoms with Gasteiger partial charge in [0, 0.05) is 5.70 Å². The first-order chi connectivity index (χ1) is 6.11. The average Bonchev–Trinajstić information content (AvgIpc) is 2.11. The Morgan fingerprint density at radius 1 is 1.38 bits per heavy atom. The Morgan fingerprint density at radius 3 is 2.38 bits per heavy atom. The van der Waals surface area contributed by atoms with Gasteiger partial charge in [-0.1, -0.05) is 31.6 Å². The first kappa shape index (κ1) is 11.9. The molecule has 0 N–H and O–H groups in total. The minimum absolute atomic E-state index is 0.562. The zero-order chi connectivity index (χ0) is 10.3. The van der Waals surface area contributed by atoms with Crippen LogP contribution in [0.2, 0.25) is 0 Å². The number of aliphatic imine (C=N–C) groups is 1. The van der Waals surface area contributed by atoms with Crippen molar-refractivity contribution in [1.29, 1.82) is 0 Å². The van der Waals surface area contributed by atoms with Crippen molar-refractivity contribution in [2.24, 2.45) is 10.9 Å². The van der Waals surface area contributed by atoms with Crippen LogP contribution in [0.25, 0.3) is 0 Å². The molecule has 0 atom stereocenters. The first-order valence-electron chi connectivity index (χ1n) is 4.56. The first-order valence-corrected chi connectivity index (χ1v) is 4.56. The molecule has 13 heavy (non-hydrogen) atoms. The lowest BCUT2D eigenvalue weighted by Gasteiger charge is -2.07. The number of nitrogens with zero attached hydrogens (tertiary/aromatic N) is 1. The maximum absolute atomic E-state index is 3.82. The molecule has 0 aromatic carbocycles. The van der Waals surface area contributed by atoms with Crippen LogP contribution in [0.4, 0.5) is 0 Å². The molecule has 0 aliphatic heterocycles. The molecule has 0 spiro atoms. The van der Waals surface area contributed by atoms with Crippen LogP contribution in [0.1, 0.15) is 27.2 Å². The van der Waals surface area contributed by atoms with Gasteiger partial charge in [0.2, 0.25) is 0 Å². The van der Waals surface area contributed by atoms with Crippen molar-refractivity contribution in [2.75, 3.05) is 0 Å². The van der Waals surface area contributed by atoms with Crippen molar-refractivity contribution in [2.45, 2.75) is 27.2 Å². The predicted molar refractivity (Wildman–Crippen MR) is 61.0 cm³/mol. The summed E-state index contributed by atoms with van der Waals surface area (Å²) in [5, 5.41) is 0. The van der Waals surface area contributed by atoms with E-state index in [0.29, 0.717) is 5.92 Å². The molecule has 1 nitrogen and oxygen atoms in total. The monoisotopic (exact) mass is 177 g/mol. The van der Waals surface area contributed by atoms with Crippen LogP contribution in [-0.2, 0) is 0 Å². The Bertz CT molecular complexity index is 232. The van der Waals surface area contributed by atoms with E-state index in [9.17, 15) is 0 Å². The Labute approximate surface area is 81.6 Å². The Morgan fingerprint density at radius 2 is 2.00 bits per heavy atom. The van der Waals surface area contributed by atoms with E-state index in [2.05, 4.69) is 38.2 Å². The quantitative estimate of drug-likeness (QED) is 0.344. The van der Waals surface area contributed by atoms with Gasteiger partial charge in [0.05, 0.1) is 0 Å². The van der Waals surface area contributed by atoms with Gasteiger partial charge in [-0.05, 0) is 32.1 Å². The Kier molecular flexibility index (Phi) is 5.86. The molecule has 1 heteroatoms. The van der Waals surface area contributed by atoms with E-state index < -0.39 is 0 Å². The maximum atomic E-state index is 3.82. The van der Waals surface area contributed by atoms with Crippen molar-refractivity contribution < 1.29 is 0 Å². The molecular weight excluding hydrogens is 158 g/mol. The molecule has 0 rings (SSSR count). The summed E-state index contributed by atoms with van der Waals surface area (Å²) >= 11 is 0. The summed E-state index contributed by atoms with van der Waals surface area (Å²) in [5.74, 6) is 0.562. The van der Waals surface area contributed by atoms with E-state index in [-0.39, 0.29) is 0 Å². The summed E-state index contributed by atoms with van der Waals surface area (Å²) in [6, 6.07) is 0. The zero-order valence-corrected chi connectivity index (χ0v) is 8.88. The summed E-state index contributed by atoms with van der Waals surface area (Å²) < 4.78 is 0. The molecule has 0 aromatic heterocycles. The van der Waals surface area contributed by atoms with Crippen molar-refractivity contribution in [3.63, 3.8) is 0 Å². The summed E-state index contributed by atoms with van der Waals surface area (Å²) in [5.41, 5.74) is 2.32. The normalized spacial score (nSPS) is 13.2. The van der Waals surface area contributed by atoms with Crippen LogP contribution >= 0.6 is 0 Å². The van der Waals surface area contributed by atoms with Crippen molar-refractivity contribution in [3.05, 3.63) is 36.1 Å². The van der Waals surface area contributed by atoms with E-state index >= 15 is 0 Å². The van der Waals surface area contributed by atoms with Crippen molar-refractivity contribution in [1.82, 2.24) is 0 Å². The highest BCUT2D eigenvalue weighted by molar-refractivity contribution is 5.30. The Hall–Kier alpha value is -1.11. The lowest BCUT2D eigenvalue weighted by atomic mass is 9.99. The second-order valence-electron chi connectivity index (χ2n) is 3.36. The second kappa shape index (κ2) is 6.41. The summed E-state index contributed by atoms with van der Waals surface area (Å²) in [6.45, 7) is 13.5. The molecule has 72 valence electrons. The molecule has 0 aliphatic rings. The predicted octanol–water partition coefficient (Wildman–Crippen LogP) is 3.75. The largest absolute Gasteiger partial charge is 0.269 e. The number of rotatable bonds is 5. The molecule has 0 aromatic rings. The molecule has 0 heterocycles. The van der Waals surface area contributed by atoms with Gasteiger partial charge in [-0.15, -0.1) is 6.58 Å². The van der Waals surface area contributed by atoms with Crippen LogP contribution in [0.15, 0.2) is 41.1 Å². The van der Waals surface area contributed by atoms with Gasteiger partial charge in [-0.25, -0.2) is 0 Å². The zero-order valence-electron chi connectivity index (χ0n) is 8.88. The lowest BCUT2D eigenvalue weighted by molar-refractivity contribution is 0.747. The minimum atomic E-state index is 0.562. The second-order valence-corrected chi connectivity index (χ2v) is 3.36.